The highest BCUT2D eigenvalue weighted by atomic mass is 16.5. The molecule has 0 bridgehead atoms. The van der Waals surface area contributed by atoms with Crippen molar-refractivity contribution in [3.05, 3.63) is 29.8 Å². The molecule has 3 nitrogen and oxygen atoms in total. The third-order valence-corrected chi connectivity index (χ3v) is 4.55. The number of hydrogen-bond acceptors (Lipinski definition) is 3. The number of para-hydroxylation sites is 1. The summed E-state index contributed by atoms with van der Waals surface area (Å²) >= 11 is 0. The van der Waals surface area contributed by atoms with Gasteiger partial charge in [0, 0.05) is 37.3 Å². The summed E-state index contributed by atoms with van der Waals surface area (Å²) in [6.45, 7) is 12.4. The quantitative estimate of drug-likeness (QED) is 0.921. The summed E-state index contributed by atoms with van der Waals surface area (Å²) < 4.78 is 5.52. The fourth-order valence-electron chi connectivity index (χ4n) is 3.24. The van der Waals surface area contributed by atoms with Crippen LogP contribution in [0.4, 0.5) is 0 Å². The molecule has 1 aliphatic heterocycles. The van der Waals surface area contributed by atoms with Crippen LogP contribution in [0.25, 0.3) is 0 Å². The molecule has 2 atom stereocenters. The van der Waals surface area contributed by atoms with Crippen LogP contribution in [-0.4, -0.2) is 37.2 Å². The number of piperazine rings is 1. The molecule has 0 radical (unpaired) electrons. The second-order valence-corrected chi connectivity index (χ2v) is 7.14. The Balaban J connectivity index is 2.19. The molecule has 118 valence electrons. The average Bonchev–Trinajstić information content (AvgIpc) is 2.46. The summed E-state index contributed by atoms with van der Waals surface area (Å²) in [5, 5.41) is 3.70. The zero-order valence-electron chi connectivity index (χ0n) is 14.1. The molecule has 1 aromatic rings. The normalized spacial score (nSPS) is 24.0. The highest BCUT2D eigenvalue weighted by Crippen LogP contribution is 2.29. The predicted octanol–water partition coefficient (Wildman–Crippen LogP) is 3.29. The number of hydrogen-bond donors (Lipinski definition) is 1. The van der Waals surface area contributed by atoms with Gasteiger partial charge in [0.25, 0.3) is 0 Å². The van der Waals surface area contributed by atoms with Gasteiger partial charge in [-0.25, -0.2) is 0 Å². The van der Waals surface area contributed by atoms with Crippen molar-refractivity contribution in [1.82, 2.24) is 10.2 Å². The van der Waals surface area contributed by atoms with Crippen LogP contribution in [0.1, 0.15) is 39.7 Å². The van der Waals surface area contributed by atoms with Gasteiger partial charge in [0.1, 0.15) is 5.75 Å². The van der Waals surface area contributed by atoms with E-state index in [0.29, 0.717) is 12.1 Å². The molecule has 1 aromatic carbocycles. The first-order valence-corrected chi connectivity index (χ1v) is 8.05. The van der Waals surface area contributed by atoms with Gasteiger partial charge in [-0.15, -0.1) is 0 Å². The molecule has 1 aliphatic rings. The van der Waals surface area contributed by atoms with E-state index in [1.54, 1.807) is 7.11 Å². The lowest BCUT2D eigenvalue weighted by molar-refractivity contribution is 0.0479. The first kappa shape index (κ1) is 16.3. The van der Waals surface area contributed by atoms with E-state index in [2.05, 4.69) is 56.1 Å². The van der Waals surface area contributed by atoms with Crippen molar-refractivity contribution in [3.63, 3.8) is 0 Å². The van der Waals surface area contributed by atoms with Crippen LogP contribution in [0.5, 0.6) is 5.75 Å². The molecule has 0 amide bonds. The minimum atomic E-state index is 0.272. The van der Waals surface area contributed by atoms with Crippen molar-refractivity contribution in [2.75, 3.05) is 20.2 Å². The summed E-state index contributed by atoms with van der Waals surface area (Å²) in [6, 6.07) is 9.52. The van der Waals surface area contributed by atoms with Crippen LogP contribution in [-0.2, 0) is 6.54 Å². The van der Waals surface area contributed by atoms with Crippen molar-refractivity contribution in [1.29, 1.82) is 0 Å². The van der Waals surface area contributed by atoms with E-state index in [4.69, 9.17) is 4.74 Å². The third kappa shape index (κ3) is 3.98. The molecule has 3 heteroatoms. The van der Waals surface area contributed by atoms with Gasteiger partial charge in [0.15, 0.2) is 0 Å². The van der Waals surface area contributed by atoms with Crippen LogP contribution < -0.4 is 10.1 Å². The topological polar surface area (TPSA) is 24.5 Å². The van der Waals surface area contributed by atoms with E-state index in [1.165, 1.54) is 12.0 Å². The van der Waals surface area contributed by atoms with Gasteiger partial charge in [-0.1, -0.05) is 45.9 Å². The van der Waals surface area contributed by atoms with Crippen molar-refractivity contribution < 1.29 is 4.74 Å². The Morgan fingerprint density at radius 1 is 1.29 bits per heavy atom. The number of benzene rings is 1. The Morgan fingerprint density at radius 2 is 2.00 bits per heavy atom. The smallest absolute Gasteiger partial charge is 0.123 e. The van der Waals surface area contributed by atoms with E-state index in [0.717, 1.165) is 25.4 Å². The van der Waals surface area contributed by atoms with Crippen molar-refractivity contribution in [2.24, 2.45) is 5.41 Å². The van der Waals surface area contributed by atoms with Gasteiger partial charge < -0.3 is 10.1 Å². The van der Waals surface area contributed by atoms with E-state index in [-0.39, 0.29) is 5.41 Å². The largest absolute Gasteiger partial charge is 0.496 e. The molecule has 0 saturated carbocycles. The third-order valence-electron chi connectivity index (χ3n) is 4.55. The summed E-state index contributed by atoms with van der Waals surface area (Å²) in [4.78, 5) is 2.63. The maximum atomic E-state index is 5.52. The number of ether oxygens (including phenoxy) is 1. The lowest BCUT2D eigenvalue weighted by Crippen LogP contribution is -2.59. The summed E-state index contributed by atoms with van der Waals surface area (Å²) in [6.07, 6.45) is 1.18. The van der Waals surface area contributed by atoms with Gasteiger partial charge >= 0.3 is 0 Å². The van der Waals surface area contributed by atoms with E-state index in [1.807, 2.05) is 6.07 Å². The number of nitrogens with zero attached hydrogens (tertiary/aromatic N) is 1. The Bertz CT molecular complexity index is 453. The molecule has 1 N–H and O–H groups in total. The van der Waals surface area contributed by atoms with Crippen LogP contribution in [0, 0.1) is 5.41 Å². The van der Waals surface area contributed by atoms with E-state index >= 15 is 0 Å². The lowest BCUT2D eigenvalue weighted by Gasteiger charge is -2.46. The monoisotopic (exact) mass is 290 g/mol. The Morgan fingerprint density at radius 3 is 2.62 bits per heavy atom. The molecular weight excluding hydrogens is 260 g/mol. The minimum Gasteiger partial charge on any atom is -0.496 e. The van der Waals surface area contributed by atoms with Crippen molar-refractivity contribution >= 4 is 0 Å². The molecule has 1 fully saturated rings. The fraction of sp³-hybridized carbons (Fsp3) is 0.667. The maximum Gasteiger partial charge on any atom is 0.123 e. The molecule has 1 saturated heterocycles. The predicted molar refractivity (Wildman–Crippen MR) is 88.7 cm³/mol. The summed E-state index contributed by atoms with van der Waals surface area (Å²) in [7, 11) is 1.76. The molecule has 0 aromatic heterocycles. The zero-order valence-corrected chi connectivity index (χ0v) is 14.1. The van der Waals surface area contributed by atoms with Gasteiger partial charge in [0.05, 0.1) is 7.11 Å². The highest BCUT2D eigenvalue weighted by Gasteiger charge is 2.35. The molecule has 2 rings (SSSR count). The molecule has 2 unspecified atom stereocenters. The first-order valence-electron chi connectivity index (χ1n) is 8.05. The molecule has 0 aliphatic carbocycles. The summed E-state index contributed by atoms with van der Waals surface area (Å²) in [5.41, 5.74) is 1.55. The Kier molecular flexibility index (Phi) is 5.28. The van der Waals surface area contributed by atoms with Gasteiger partial charge in [-0.2, -0.15) is 0 Å². The molecule has 1 heterocycles. The summed E-state index contributed by atoms with van der Waals surface area (Å²) in [5.74, 6) is 0.997. The molecule has 21 heavy (non-hydrogen) atoms. The van der Waals surface area contributed by atoms with Crippen LogP contribution in [0.3, 0.4) is 0 Å². The van der Waals surface area contributed by atoms with Crippen LogP contribution in [0.15, 0.2) is 24.3 Å². The fourth-order valence-corrected chi connectivity index (χ4v) is 3.24. The minimum absolute atomic E-state index is 0.272. The number of rotatable bonds is 4. The number of nitrogens with one attached hydrogen (secondary N) is 1. The zero-order chi connectivity index (χ0) is 15.5. The SMILES string of the molecule is CCC1CN(Cc2ccccc2OC)C(C(C)(C)C)CN1. The maximum absolute atomic E-state index is 5.52. The van der Waals surface area contributed by atoms with Crippen molar-refractivity contribution in [3.8, 4) is 5.75 Å². The molecular formula is C18H30N2O. The Labute approximate surface area is 129 Å². The Hall–Kier alpha value is -1.06. The van der Waals surface area contributed by atoms with Gasteiger partial charge in [-0.3, -0.25) is 4.90 Å². The average molecular weight is 290 g/mol. The van der Waals surface area contributed by atoms with Gasteiger partial charge in [0.2, 0.25) is 0 Å². The van der Waals surface area contributed by atoms with E-state index in [9.17, 15) is 0 Å². The second-order valence-electron chi connectivity index (χ2n) is 7.14. The first-order chi connectivity index (χ1) is 9.95. The van der Waals surface area contributed by atoms with Gasteiger partial charge in [-0.05, 0) is 17.9 Å². The standard InChI is InChI=1S/C18H30N2O/c1-6-15-13-20(17(11-19-15)18(2,3)4)12-14-9-7-8-10-16(14)21-5/h7-10,15,17,19H,6,11-13H2,1-5H3. The second kappa shape index (κ2) is 6.80. The van der Waals surface area contributed by atoms with Crippen molar-refractivity contribution in [2.45, 2.75) is 52.7 Å². The molecule has 0 spiro atoms. The number of methoxy groups -OCH3 is 1. The highest BCUT2D eigenvalue weighted by molar-refractivity contribution is 5.33. The lowest BCUT2D eigenvalue weighted by atomic mass is 9.83. The van der Waals surface area contributed by atoms with Crippen LogP contribution in [0.2, 0.25) is 0 Å². The van der Waals surface area contributed by atoms with E-state index < -0.39 is 0 Å². The van der Waals surface area contributed by atoms with Crippen LogP contribution >= 0.6 is 0 Å².